The highest BCUT2D eigenvalue weighted by atomic mass is 35.5. The standard InChI is InChI=1S/C11H19NO2.ClH/c1-2-14-11(13)10-7-8-5-3-4-6-9(8)12-10;/h8-10,12H,2-7H2,1H3;1H/t8-,9+,10+;/m1./s1. The first-order chi connectivity index (χ1) is 6.81. The van der Waals surface area contributed by atoms with Crippen LogP contribution in [0.5, 0.6) is 0 Å². The van der Waals surface area contributed by atoms with Gasteiger partial charge in [-0.25, -0.2) is 0 Å². The van der Waals surface area contributed by atoms with Crippen LogP contribution in [0.25, 0.3) is 0 Å². The van der Waals surface area contributed by atoms with Gasteiger partial charge in [-0.05, 0) is 32.1 Å². The zero-order valence-corrected chi connectivity index (χ0v) is 10.0. The number of carbonyl (C=O) groups is 1. The van der Waals surface area contributed by atoms with E-state index in [1.165, 1.54) is 25.7 Å². The number of nitrogens with one attached hydrogen (secondary N) is 1. The maximum absolute atomic E-state index is 11.5. The van der Waals surface area contributed by atoms with Crippen LogP contribution in [0.3, 0.4) is 0 Å². The van der Waals surface area contributed by atoms with Crippen LogP contribution in [0.2, 0.25) is 0 Å². The molecule has 0 bridgehead atoms. The van der Waals surface area contributed by atoms with Crippen LogP contribution in [0.4, 0.5) is 0 Å². The van der Waals surface area contributed by atoms with Gasteiger partial charge in [0.1, 0.15) is 6.04 Å². The van der Waals surface area contributed by atoms with Crippen molar-refractivity contribution >= 4 is 18.4 Å². The second-order valence-electron chi connectivity index (χ2n) is 4.36. The minimum atomic E-state index is -0.0538. The van der Waals surface area contributed by atoms with E-state index in [9.17, 15) is 4.79 Å². The fourth-order valence-electron chi connectivity index (χ4n) is 2.75. The molecule has 0 aromatic rings. The highest BCUT2D eigenvalue weighted by Gasteiger charge is 2.38. The molecule has 2 rings (SSSR count). The lowest BCUT2D eigenvalue weighted by Crippen LogP contribution is -2.38. The van der Waals surface area contributed by atoms with Gasteiger partial charge in [0.15, 0.2) is 0 Å². The monoisotopic (exact) mass is 233 g/mol. The van der Waals surface area contributed by atoms with Crippen molar-refractivity contribution in [3.05, 3.63) is 0 Å². The normalized spacial score (nSPS) is 34.1. The van der Waals surface area contributed by atoms with Gasteiger partial charge in [0.05, 0.1) is 6.61 Å². The molecule has 1 N–H and O–H groups in total. The molecule has 0 radical (unpaired) electrons. The van der Waals surface area contributed by atoms with E-state index < -0.39 is 0 Å². The summed E-state index contributed by atoms with van der Waals surface area (Å²) in [5.74, 6) is 0.667. The first kappa shape index (κ1) is 12.8. The van der Waals surface area contributed by atoms with Crippen molar-refractivity contribution in [3.63, 3.8) is 0 Å². The summed E-state index contributed by atoms with van der Waals surface area (Å²) >= 11 is 0. The Kier molecular flexibility index (Phi) is 4.87. The lowest BCUT2D eigenvalue weighted by molar-refractivity contribution is -0.145. The molecule has 4 heteroatoms. The van der Waals surface area contributed by atoms with Crippen LogP contribution in [0.15, 0.2) is 0 Å². The number of hydrogen-bond acceptors (Lipinski definition) is 3. The quantitative estimate of drug-likeness (QED) is 0.741. The molecule has 2 fully saturated rings. The topological polar surface area (TPSA) is 38.3 Å². The fraction of sp³-hybridized carbons (Fsp3) is 0.909. The van der Waals surface area contributed by atoms with Crippen LogP contribution in [0.1, 0.15) is 39.0 Å². The van der Waals surface area contributed by atoms with Crippen molar-refractivity contribution in [2.45, 2.75) is 51.1 Å². The summed E-state index contributed by atoms with van der Waals surface area (Å²) in [7, 11) is 0. The smallest absolute Gasteiger partial charge is 0.323 e. The Morgan fingerprint density at radius 1 is 1.40 bits per heavy atom. The molecule has 0 unspecified atom stereocenters. The summed E-state index contributed by atoms with van der Waals surface area (Å²) in [4.78, 5) is 11.5. The summed E-state index contributed by atoms with van der Waals surface area (Å²) in [6.07, 6.45) is 6.15. The Balaban J connectivity index is 0.00000112. The van der Waals surface area contributed by atoms with Crippen LogP contribution in [-0.4, -0.2) is 24.7 Å². The molecule has 1 aliphatic carbocycles. The molecule has 0 amide bonds. The van der Waals surface area contributed by atoms with Crippen LogP contribution < -0.4 is 5.32 Å². The van der Waals surface area contributed by atoms with Crippen molar-refractivity contribution in [3.8, 4) is 0 Å². The zero-order valence-electron chi connectivity index (χ0n) is 9.20. The van der Waals surface area contributed by atoms with Crippen molar-refractivity contribution in [2.75, 3.05) is 6.61 Å². The van der Waals surface area contributed by atoms with E-state index in [1.807, 2.05) is 6.92 Å². The van der Waals surface area contributed by atoms with E-state index in [-0.39, 0.29) is 24.4 Å². The predicted molar refractivity (Wildman–Crippen MR) is 61.2 cm³/mol. The Labute approximate surface area is 97.4 Å². The summed E-state index contributed by atoms with van der Waals surface area (Å²) in [5.41, 5.74) is 0. The van der Waals surface area contributed by atoms with E-state index in [2.05, 4.69) is 5.32 Å². The Morgan fingerprint density at radius 2 is 2.13 bits per heavy atom. The highest BCUT2D eigenvalue weighted by molar-refractivity contribution is 5.85. The molecule has 0 aromatic carbocycles. The number of hydrogen-bond donors (Lipinski definition) is 1. The van der Waals surface area contributed by atoms with Crippen molar-refractivity contribution < 1.29 is 9.53 Å². The second-order valence-corrected chi connectivity index (χ2v) is 4.36. The largest absolute Gasteiger partial charge is 0.465 e. The van der Waals surface area contributed by atoms with E-state index in [1.54, 1.807) is 0 Å². The molecule has 1 saturated carbocycles. The van der Waals surface area contributed by atoms with Gasteiger partial charge in [0, 0.05) is 6.04 Å². The van der Waals surface area contributed by atoms with E-state index >= 15 is 0 Å². The minimum Gasteiger partial charge on any atom is -0.465 e. The average molecular weight is 234 g/mol. The summed E-state index contributed by atoms with van der Waals surface area (Å²) < 4.78 is 5.03. The first-order valence-corrected chi connectivity index (χ1v) is 5.74. The SMILES string of the molecule is CCOC(=O)[C@@H]1C[C@H]2CCCC[C@@H]2N1.Cl. The van der Waals surface area contributed by atoms with Gasteiger partial charge in [-0.3, -0.25) is 4.79 Å². The van der Waals surface area contributed by atoms with Crippen molar-refractivity contribution in [2.24, 2.45) is 5.92 Å². The molecule has 3 atom stereocenters. The molecule has 3 nitrogen and oxygen atoms in total. The Bertz CT molecular complexity index is 209. The highest BCUT2D eigenvalue weighted by Crippen LogP contribution is 2.33. The van der Waals surface area contributed by atoms with Gasteiger partial charge >= 0.3 is 5.97 Å². The summed E-state index contributed by atoms with van der Waals surface area (Å²) in [6.45, 7) is 2.35. The van der Waals surface area contributed by atoms with Gasteiger partial charge in [-0.1, -0.05) is 12.8 Å². The second kappa shape index (κ2) is 5.71. The number of ether oxygens (including phenoxy) is 1. The number of rotatable bonds is 2. The van der Waals surface area contributed by atoms with Gasteiger partial charge in [-0.15, -0.1) is 12.4 Å². The van der Waals surface area contributed by atoms with Gasteiger partial charge in [0.25, 0.3) is 0 Å². The third-order valence-corrected chi connectivity index (χ3v) is 3.43. The van der Waals surface area contributed by atoms with E-state index in [0.717, 1.165) is 12.3 Å². The van der Waals surface area contributed by atoms with E-state index in [4.69, 9.17) is 4.74 Å². The zero-order chi connectivity index (χ0) is 9.97. The molecule has 0 spiro atoms. The van der Waals surface area contributed by atoms with Crippen LogP contribution >= 0.6 is 12.4 Å². The number of carbonyl (C=O) groups excluding carboxylic acids is 1. The minimum absolute atomic E-state index is 0. The third-order valence-electron chi connectivity index (χ3n) is 3.43. The van der Waals surface area contributed by atoms with Gasteiger partial charge in [-0.2, -0.15) is 0 Å². The maximum atomic E-state index is 11.5. The number of fused-ring (bicyclic) bond motifs is 1. The molecule has 1 saturated heterocycles. The lowest BCUT2D eigenvalue weighted by Gasteiger charge is -2.24. The average Bonchev–Trinajstić information content (AvgIpc) is 2.61. The maximum Gasteiger partial charge on any atom is 0.323 e. The van der Waals surface area contributed by atoms with Crippen LogP contribution in [0, 0.1) is 5.92 Å². The molecule has 1 aliphatic heterocycles. The molecule has 2 aliphatic rings. The molecule has 15 heavy (non-hydrogen) atoms. The number of esters is 1. The lowest BCUT2D eigenvalue weighted by atomic mass is 9.85. The molecule has 0 aromatic heterocycles. The Morgan fingerprint density at radius 3 is 2.80 bits per heavy atom. The third kappa shape index (κ3) is 2.85. The molecular formula is C11H20ClNO2. The summed E-state index contributed by atoms with van der Waals surface area (Å²) in [6, 6.07) is 0.557. The van der Waals surface area contributed by atoms with Gasteiger partial charge in [0.2, 0.25) is 0 Å². The predicted octanol–water partition coefficient (Wildman–Crippen LogP) is 1.89. The summed E-state index contributed by atoms with van der Waals surface area (Å²) in [5, 5.41) is 3.40. The molecule has 88 valence electrons. The molecular weight excluding hydrogens is 214 g/mol. The first-order valence-electron chi connectivity index (χ1n) is 5.74. The number of halogens is 1. The Hall–Kier alpha value is -0.280. The van der Waals surface area contributed by atoms with Gasteiger partial charge < -0.3 is 10.1 Å². The van der Waals surface area contributed by atoms with Crippen molar-refractivity contribution in [1.29, 1.82) is 0 Å². The van der Waals surface area contributed by atoms with Crippen molar-refractivity contribution in [1.82, 2.24) is 5.32 Å². The molecule has 1 heterocycles. The van der Waals surface area contributed by atoms with Crippen LogP contribution in [-0.2, 0) is 9.53 Å². The van der Waals surface area contributed by atoms with E-state index in [0.29, 0.717) is 12.6 Å². The fourth-order valence-corrected chi connectivity index (χ4v) is 2.75.